The van der Waals surface area contributed by atoms with E-state index in [-0.39, 0.29) is 11.9 Å². The van der Waals surface area contributed by atoms with Crippen LogP contribution in [-0.4, -0.2) is 42.3 Å². The fourth-order valence-electron chi connectivity index (χ4n) is 3.30. The zero-order chi connectivity index (χ0) is 18.4. The quantitative estimate of drug-likeness (QED) is 0.742. The first-order valence-corrected chi connectivity index (χ1v) is 9.86. The van der Waals surface area contributed by atoms with Gasteiger partial charge in [-0.25, -0.2) is 0 Å². The fraction of sp³-hybridized carbons (Fsp3) is 0.400. The molecule has 1 aliphatic heterocycles. The number of rotatable bonds is 7. The highest BCUT2D eigenvalue weighted by atomic mass is 32.2. The van der Waals surface area contributed by atoms with E-state index in [0.29, 0.717) is 5.75 Å². The molecule has 1 aromatic heterocycles. The highest BCUT2D eigenvalue weighted by Gasteiger charge is 2.31. The molecular weight excluding hydrogens is 348 g/mol. The Bertz CT molecular complexity index is 739. The normalized spacial score (nSPS) is 16.5. The van der Waals surface area contributed by atoms with E-state index in [1.54, 1.807) is 32.2 Å². The summed E-state index contributed by atoms with van der Waals surface area (Å²) in [6.07, 6.45) is 5.58. The summed E-state index contributed by atoms with van der Waals surface area (Å²) in [5.74, 6) is 2.98. The van der Waals surface area contributed by atoms with Gasteiger partial charge >= 0.3 is 0 Å². The number of pyridine rings is 1. The van der Waals surface area contributed by atoms with Crippen molar-refractivity contribution < 1.29 is 14.3 Å². The number of hydrogen-bond donors (Lipinski definition) is 0. The van der Waals surface area contributed by atoms with Crippen LogP contribution in [0, 0.1) is 0 Å². The lowest BCUT2D eigenvalue weighted by molar-refractivity contribution is -0.129. The molecule has 0 bridgehead atoms. The average Bonchev–Trinajstić information content (AvgIpc) is 3.18. The predicted octanol–water partition coefficient (Wildman–Crippen LogP) is 3.70. The summed E-state index contributed by atoms with van der Waals surface area (Å²) in [5, 5.41) is 0. The number of thioether (sulfide) groups is 1. The molecule has 138 valence electrons. The highest BCUT2D eigenvalue weighted by Crippen LogP contribution is 2.39. The predicted molar refractivity (Wildman–Crippen MR) is 104 cm³/mol. The molecule has 1 fully saturated rings. The minimum Gasteiger partial charge on any atom is -0.497 e. The van der Waals surface area contributed by atoms with Gasteiger partial charge in [0.2, 0.25) is 5.91 Å². The van der Waals surface area contributed by atoms with Crippen LogP contribution in [0.5, 0.6) is 11.5 Å². The lowest BCUT2D eigenvalue weighted by Gasteiger charge is -2.26. The summed E-state index contributed by atoms with van der Waals surface area (Å²) in [6, 6.07) is 9.85. The zero-order valence-corrected chi connectivity index (χ0v) is 16.0. The van der Waals surface area contributed by atoms with Crippen molar-refractivity contribution in [2.75, 3.05) is 26.5 Å². The molecule has 1 aromatic carbocycles. The maximum Gasteiger partial charge on any atom is 0.233 e. The molecule has 26 heavy (non-hydrogen) atoms. The Balaban J connectivity index is 1.65. The van der Waals surface area contributed by atoms with E-state index in [2.05, 4.69) is 4.98 Å². The van der Waals surface area contributed by atoms with Gasteiger partial charge in [0.1, 0.15) is 11.5 Å². The average molecular weight is 372 g/mol. The van der Waals surface area contributed by atoms with Crippen LogP contribution >= 0.6 is 11.8 Å². The Morgan fingerprint density at radius 2 is 2.19 bits per heavy atom. The van der Waals surface area contributed by atoms with Gasteiger partial charge in [-0.1, -0.05) is 6.07 Å². The Kier molecular flexibility index (Phi) is 6.39. The molecule has 0 radical (unpaired) electrons. The van der Waals surface area contributed by atoms with Gasteiger partial charge in [0.05, 0.1) is 26.0 Å². The Morgan fingerprint density at radius 1 is 1.31 bits per heavy atom. The van der Waals surface area contributed by atoms with E-state index in [1.165, 1.54) is 0 Å². The molecule has 1 unspecified atom stereocenters. The largest absolute Gasteiger partial charge is 0.497 e. The standard InChI is InChI=1S/C20H24N2O3S/c1-24-16-7-8-17(19(11-16)25-2)18-6-4-10-22(18)20(23)14-26-13-15-5-3-9-21-12-15/h3,5,7-9,11-12,18H,4,6,10,13-14H2,1-2H3. The van der Waals surface area contributed by atoms with Crippen molar-refractivity contribution >= 4 is 17.7 Å². The minimum atomic E-state index is 0.0716. The van der Waals surface area contributed by atoms with Crippen molar-refractivity contribution in [3.63, 3.8) is 0 Å². The molecule has 1 atom stereocenters. The van der Waals surface area contributed by atoms with Crippen molar-refractivity contribution in [1.29, 1.82) is 0 Å². The minimum absolute atomic E-state index is 0.0716. The second-order valence-corrected chi connectivity index (χ2v) is 7.19. The van der Waals surface area contributed by atoms with E-state index < -0.39 is 0 Å². The van der Waals surface area contributed by atoms with Crippen LogP contribution in [0.3, 0.4) is 0 Å². The molecule has 2 aromatic rings. The number of nitrogens with zero attached hydrogens (tertiary/aromatic N) is 2. The van der Waals surface area contributed by atoms with Gasteiger partial charge in [0.15, 0.2) is 0 Å². The van der Waals surface area contributed by atoms with Crippen molar-refractivity contribution in [2.24, 2.45) is 0 Å². The van der Waals surface area contributed by atoms with E-state index in [1.807, 2.05) is 41.4 Å². The van der Waals surface area contributed by atoms with Crippen LogP contribution in [0.2, 0.25) is 0 Å². The molecule has 2 heterocycles. The Hall–Kier alpha value is -2.21. The Morgan fingerprint density at radius 3 is 2.92 bits per heavy atom. The Labute approximate surface area is 158 Å². The zero-order valence-electron chi connectivity index (χ0n) is 15.2. The summed E-state index contributed by atoms with van der Waals surface area (Å²) in [5.41, 5.74) is 2.19. The molecule has 0 spiro atoms. The third-order valence-electron chi connectivity index (χ3n) is 4.59. The van der Waals surface area contributed by atoms with Gasteiger partial charge in [-0.3, -0.25) is 9.78 Å². The fourth-order valence-corrected chi connectivity index (χ4v) is 4.15. The number of carbonyl (C=O) groups is 1. The topological polar surface area (TPSA) is 51.7 Å². The van der Waals surface area contributed by atoms with Crippen LogP contribution in [0.1, 0.15) is 30.0 Å². The van der Waals surface area contributed by atoms with E-state index in [9.17, 15) is 4.79 Å². The molecule has 3 rings (SSSR count). The van der Waals surface area contributed by atoms with Crippen molar-refractivity contribution in [3.05, 3.63) is 53.9 Å². The lowest BCUT2D eigenvalue weighted by atomic mass is 10.0. The number of benzene rings is 1. The van der Waals surface area contributed by atoms with Gasteiger partial charge in [-0.05, 0) is 36.6 Å². The first-order valence-electron chi connectivity index (χ1n) is 8.71. The summed E-state index contributed by atoms with van der Waals surface area (Å²) in [7, 11) is 3.29. The summed E-state index contributed by atoms with van der Waals surface area (Å²) < 4.78 is 10.8. The molecular formula is C20H24N2O3S. The van der Waals surface area contributed by atoms with Crippen LogP contribution in [-0.2, 0) is 10.5 Å². The second kappa shape index (κ2) is 8.94. The van der Waals surface area contributed by atoms with E-state index >= 15 is 0 Å². The molecule has 1 amide bonds. The van der Waals surface area contributed by atoms with Crippen LogP contribution in [0.25, 0.3) is 0 Å². The number of aromatic nitrogens is 1. The molecule has 0 aliphatic carbocycles. The maximum atomic E-state index is 12.8. The lowest BCUT2D eigenvalue weighted by Crippen LogP contribution is -2.32. The molecule has 0 N–H and O–H groups in total. The number of likely N-dealkylation sites (tertiary alicyclic amines) is 1. The summed E-state index contributed by atoms with van der Waals surface area (Å²) in [6.45, 7) is 0.798. The monoisotopic (exact) mass is 372 g/mol. The number of amides is 1. The van der Waals surface area contributed by atoms with Crippen molar-refractivity contribution in [3.8, 4) is 11.5 Å². The number of hydrogen-bond acceptors (Lipinski definition) is 5. The van der Waals surface area contributed by atoms with Gasteiger partial charge in [0.25, 0.3) is 0 Å². The highest BCUT2D eigenvalue weighted by molar-refractivity contribution is 7.99. The van der Waals surface area contributed by atoms with E-state index in [0.717, 1.165) is 47.8 Å². The summed E-state index contributed by atoms with van der Waals surface area (Å²) in [4.78, 5) is 18.9. The van der Waals surface area contributed by atoms with Crippen LogP contribution < -0.4 is 9.47 Å². The molecule has 0 saturated carbocycles. The number of methoxy groups -OCH3 is 2. The van der Waals surface area contributed by atoms with Crippen LogP contribution in [0.15, 0.2) is 42.7 Å². The van der Waals surface area contributed by atoms with E-state index in [4.69, 9.17) is 9.47 Å². The number of carbonyl (C=O) groups excluding carboxylic acids is 1. The second-order valence-electron chi connectivity index (χ2n) is 6.21. The SMILES string of the molecule is COc1ccc(C2CCCN2C(=O)CSCc2cccnc2)c(OC)c1. The number of ether oxygens (including phenoxy) is 2. The first kappa shape index (κ1) is 18.6. The first-order chi connectivity index (χ1) is 12.7. The van der Waals surface area contributed by atoms with Crippen molar-refractivity contribution in [2.45, 2.75) is 24.6 Å². The smallest absolute Gasteiger partial charge is 0.233 e. The van der Waals surface area contributed by atoms with Gasteiger partial charge < -0.3 is 14.4 Å². The molecule has 1 aliphatic rings. The van der Waals surface area contributed by atoms with Crippen molar-refractivity contribution in [1.82, 2.24) is 9.88 Å². The van der Waals surface area contributed by atoms with Gasteiger partial charge in [0, 0.05) is 36.3 Å². The summed E-state index contributed by atoms with van der Waals surface area (Å²) >= 11 is 1.63. The third kappa shape index (κ3) is 4.30. The molecule has 6 heteroatoms. The maximum absolute atomic E-state index is 12.8. The third-order valence-corrected chi connectivity index (χ3v) is 5.58. The van der Waals surface area contributed by atoms with Gasteiger partial charge in [-0.15, -0.1) is 11.8 Å². The molecule has 1 saturated heterocycles. The molecule has 5 nitrogen and oxygen atoms in total. The van der Waals surface area contributed by atoms with Crippen LogP contribution in [0.4, 0.5) is 0 Å². The van der Waals surface area contributed by atoms with Gasteiger partial charge in [-0.2, -0.15) is 0 Å².